The van der Waals surface area contributed by atoms with Crippen LogP contribution >= 0.6 is 0 Å². The minimum atomic E-state index is -1.26. The van der Waals surface area contributed by atoms with Crippen molar-refractivity contribution in [2.45, 2.75) is 11.6 Å². The van der Waals surface area contributed by atoms with Crippen molar-refractivity contribution in [3.05, 3.63) is 71.8 Å². The van der Waals surface area contributed by atoms with Crippen molar-refractivity contribution in [1.29, 1.82) is 0 Å². The van der Waals surface area contributed by atoms with Crippen LogP contribution in [0.1, 0.15) is 15.9 Å². The zero-order chi connectivity index (χ0) is 16.4. The number of hydrogen-bond donors (Lipinski definition) is 2. The molecule has 23 heavy (non-hydrogen) atoms. The number of Topliss-reactive ketones (excluding diaryl/α,β-unsaturated/α-hetero) is 1. The summed E-state index contributed by atoms with van der Waals surface area (Å²) < 4.78 is 0. The van der Waals surface area contributed by atoms with Crippen LogP contribution in [0.4, 0.5) is 0 Å². The Morgan fingerprint density at radius 3 is 2.22 bits per heavy atom. The van der Waals surface area contributed by atoms with Crippen molar-refractivity contribution in [3.8, 4) is 0 Å². The summed E-state index contributed by atoms with van der Waals surface area (Å²) in [5, 5.41) is 9.29. The molecular weight excluding hydrogens is 292 g/mol. The molecule has 0 aliphatic carbocycles. The smallest absolute Gasteiger partial charge is 0.244 e. The van der Waals surface area contributed by atoms with Crippen LogP contribution in [0.2, 0.25) is 0 Å². The summed E-state index contributed by atoms with van der Waals surface area (Å²) in [6.07, 6.45) is 0. The highest BCUT2D eigenvalue weighted by atomic mass is 16.3. The fraction of sp³-hybridized carbons (Fsp3) is 0.222. The molecule has 0 radical (unpaired) electrons. The first kappa shape index (κ1) is 15.4. The number of hydrogen-bond acceptors (Lipinski definition) is 4. The molecule has 1 aliphatic heterocycles. The van der Waals surface area contributed by atoms with Gasteiger partial charge in [0.1, 0.15) is 6.04 Å². The van der Waals surface area contributed by atoms with Gasteiger partial charge in [-0.15, -0.1) is 0 Å². The molecule has 0 bridgehead atoms. The van der Waals surface area contributed by atoms with Crippen LogP contribution in [0.25, 0.3) is 0 Å². The number of ketones is 1. The summed E-state index contributed by atoms with van der Waals surface area (Å²) in [4.78, 5) is 26.8. The second-order valence-electron chi connectivity index (χ2n) is 5.52. The number of aliphatic hydroxyl groups excluding tert-OH is 1. The molecule has 3 rings (SSSR count). The van der Waals surface area contributed by atoms with E-state index in [9.17, 15) is 14.7 Å². The van der Waals surface area contributed by atoms with E-state index in [0.717, 1.165) is 0 Å². The van der Waals surface area contributed by atoms with Gasteiger partial charge in [0, 0.05) is 12.1 Å². The molecule has 3 N–H and O–H groups in total. The van der Waals surface area contributed by atoms with Crippen molar-refractivity contribution in [3.63, 3.8) is 0 Å². The number of β-lactam (4-membered cyclic amide) rings is 1. The van der Waals surface area contributed by atoms with Crippen LogP contribution < -0.4 is 5.73 Å². The SMILES string of the molecule is NC1C(=O)N(CCO)C1(C(=O)c1ccccc1)c1ccccc1. The van der Waals surface area contributed by atoms with Crippen molar-refractivity contribution in [1.82, 2.24) is 4.90 Å². The molecule has 1 fully saturated rings. The molecule has 0 aromatic heterocycles. The van der Waals surface area contributed by atoms with Crippen molar-refractivity contribution in [2.75, 3.05) is 13.2 Å². The van der Waals surface area contributed by atoms with Gasteiger partial charge in [-0.05, 0) is 5.56 Å². The minimum Gasteiger partial charge on any atom is -0.395 e. The van der Waals surface area contributed by atoms with Gasteiger partial charge < -0.3 is 15.7 Å². The summed E-state index contributed by atoms with van der Waals surface area (Å²) in [6.45, 7) is -0.158. The number of carbonyl (C=O) groups is 2. The van der Waals surface area contributed by atoms with E-state index >= 15 is 0 Å². The maximum Gasteiger partial charge on any atom is 0.244 e. The maximum atomic E-state index is 13.2. The van der Waals surface area contributed by atoms with Gasteiger partial charge in [-0.25, -0.2) is 0 Å². The zero-order valence-electron chi connectivity index (χ0n) is 12.6. The predicted octanol–water partition coefficient (Wildman–Crippen LogP) is 0.927. The normalized spacial score (nSPS) is 23.5. The summed E-state index contributed by atoms with van der Waals surface area (Å²) in [5.41, 5.74) is 5.99. The second-order valence-corrected chi connectivity index (χ2v) is 5.52. The number of nitrogens with two attached hydrogens (primary N) is 1. The van der Waals surface area contributed by atoms with Crippen LogP contribution in [0.15, 0.2) is 60.7 Å². The van der Waals surface area contributed by atoms with E-state index < -0.39 is 11.6 Å². The summed E-state index contributed by atoms with van der Waals surface area (Å²) in [7, 11) is 0. The van der Waals surface area contributed by atoms with Crippen LogP contribution in [0, 0.1) is 0 Å². The maximum absolute atomic E-state index is 13.2. The van der Waals surface area contributed by atoms with Gasteiger partial charge in [0.05, 0.1) is 6.61 Å². The van der Waals surface area contributed by atoms with Gasteiger partial charge >= 0.3 is 0 Å². The second kappa shape index (κ2) is 5.95. The van der Waals surface area contributed by atoms with Gasteiger partial charge in [-0.1, -0.05) is 60.7 Å². The zero-order valence-corrected chi connectivity index (χ0v) is 12.6. The summed E-state index contributed by atoms with van der Waals surface area (Å²) in [6, 6.07) is 16.9. The van der Waals surface area contributed by atoms with Crippen molar-refractivity contribution < 1.29 is 14.7 Å². The van der Waals surface area contributed by atoms with E-state index in [-0.39, 0.29) is 24.8 Å². The molecule has 2 atom stereocenters. The van der Waals surface area contributed by atoms with Gasteiger partial charge in [-0.2, -0.15) is 0 Å². The van der Waals surface area contributed by atoms with Gasteiger partial charge in [-0.3, -0.25) is 9.59 Å². The standard InChI is InChI=1S/C18H18N2O3/c19-15-17(23)20(11-12-21)18(15,14-9-5-2-6-10-14)16(22)13-7-3-1-4-8-13/h1-10,15,21H,11-12,19H2. The Kier molecular flexibility index (Phi) is 3.98. The van der Waals surface area contributed by atoms with Gasteiger partial charge in [0.2, 0.25) is 5.91 Å². The molecule has 1 amide bonds. The lowest BCUT2D eigenvalue weighted by atomic mass is 9.69. The monoisotopic (exact) mass is 310 g/mol. The Morgan fingerprint density at radius 1 is 1.09 bits per heavy atom. The highest BCUT2D eigenvalue weighted by molar-refractivity contribution is 6.13. The summed E-state index contributed by atoms with van der Waals surface area (Å²) in [5.74, 6) is -0.558. The molecule has 2 aromatic rings. The molecule has 118 valence electrons. The molecular formula is C18H18N2O3. The number of nitrogens with zero attached hydrogens (tertiary/aromatic N) is 1. The molecule has 2 unspecified atom stereocenters. The van der Waals surface area contributed by atoms with Gasteiger partial charge in [0.25, 0.3) is 0 Å². The fourth-order valence-electron chi connectivity index (χ4n) is 3.24. The third kappa shape index (κ3) is 2.17. The number of aliphatic hydroxyl groups is 1. The molecule has 1 saturated heterocycles. The van der Waals surface area contributed by atoms with E-state index in [1.807, 2.05) is 24.3 Å². The molecule has 5 nitrogen and oxygen atoms in total. The lowest BCUT2D eigenvalue weighted by molar-refractivity contribution is -0.158. The first-order chi connectivity index (χ1) is 11.1. The molecule has 2 aromatic carbocycles. The Labute approximate surface area is 134 Å². The van der Waals surface area contributed by atoms with E-state index in [4.69, 9.17) is 5.73 Å². The lowest BCUT2D eigenvalue weighted by Crippen LogP contribution is -2.78. The average molecular weight is 310 g/mol. The molecule has 0 saturated carbocycles. The first-order valence-corrected chi connectivity index (χ1v) is 7.47. The Balaban J connectivity index is 2.15. The first-order valence-electron chi connectivity index (χ1n) is 7.47. The third-order valence-electron chi connectivity index (χ3n) is 4.33. The van der Waals surface area contributed by atoms with E-state index in [1.54, 1.807) is 36.4 Å². The highest BCUT2D eigenvalue weighted by Gasteiger charge is 2.63. The fourth-order valence-corrected chi connectivity index (χ4v) is 3.24. The molecule has 1 heterocycles. The van der Waals surface area contributed by atoms with Crippen molar-refractivity contribution in [2.24, 2.45) is 5.73 Å². The van der Waals surface area contributed by atoms with E-state index in [0.29, 0.717) is 11.1 Å². The minimum absolute atomic E-state index is 0.0694. The van der Waals surface area contributed by atoms with Crippen LogP contribution in [-0.2, 0) is 10.3 Å². The quantitative estimate of drug-likeness (QED) is 0.635. The number of carbonyl (C=O) groups excluding carboxylic acids is 2. The highest BCUT2D eigenvalue weighted by Crippen LogP contribution is 2.43. The number of β-amino-alcohol motifs (C(OH)–C–C–N with tert-alkyl or cyclic N) is 1. The third-order valence-corrected chi connectivity index (χ3v) is 4.33. The van der Waals surface area contributed by atoms with Crippen LogP contribution in [0.3, 0.4) is 0 Å². The topological polar surface area (TPSA) is 83.6 Å². The molecule has 1 aliphatic rings. The summed E-state index contributed by atoms with van der Waals surface area (Å²) >= 11 is 0. The van der Waals surface area contributed by atoms with Gasteiger partial charge in [0.15, 0.2) is 11.3 Å². The Hall–Kier alpha value is -2.50. The van der Waals surface area contributed by atoms with Crippen LogP contribution in [0.5, 0.6) is 0 Å². The number of amides is 1. The number of rotatable bonds is 5. The largest absolute Gasteiger partial charge is 0.395 e. The number of benzene rings is 2. The Bertz CT molecular complexity index is 718. The van der Waals surface area contributed by atoms with E-state index in [1.165, 1.54) is 4.90 Å². The van der Waals surface area contributed by atoms with Crippen LogP contribution in [-0.4, -0.2) is 40.9 Å². The van der Waals surface area contributed by atoms with Crippen molar-refractivity contribution >= 4 is 11.7 Å². The number of likely N-dealkylation sites (tertiary alicyclic amines) is 1. The average Bonchev–Trinajstić information content (AvgIpc) is 2.62. The molecule has 0 spiro atoms. The Morgan fingerprint density at radius 2 is 1.65 bits per heavy atom. The molecule has 5 heteroatoms. The predicted molar refractivity (Wildman–Crippen MR) is 85.7 cm³/mol. The lowest BCUT2D eigenvalue weighted by Gasteiger charge is -2.55. The van der Waals surface area contributed by atoms with E-state index in [2.05, 4.69) is 0 Å².